The summed E-state index contributed by atoms with van der Waals surface area (Å²) in [5.41, 5.74) is 3.98. The highest BCUT2D eigenvalue weighted by atomic mass is 35.5. The van der Waals surface area contributed by atoms with Crippen LogP contribution in [0.2, 0.25) is 10.0 Å². The number of nitriles is 1. The molecule has 0 saturated carbocycles. The molecule has 2 aliphatic rings. The third-order valence-corrected chi connectivity index (χ3v) is 9.06. The minimum absolute atomic E-state index is 0.0689. The first-order chi connectivity index (χ1) is 18.9. The first-order valence-electron chi connectivity index (χ1n) is 12.3. The number of anilines is 2. The number of hydrogen-bond donors (Lipinski definition) is 4. The maximum Gasteiger partial charge on any atom is 0.258 e. The van der Waals surface area contributed by atoms with Crippen molar-refractivity contribution in [1.29, 1.82) is 5.26 Å². The topological polar surface area (TPSA) is 137 Å². The standard InChI is InChI=1S/C28H24Cl2FN5O3S/c1-27(2,12-32)11-19-28(15-7-6-13(29)10-17(15)34-26(28)39)21(14-4-3-5-16(30)22(14)31)23(35-19)25(38)36-20-9-8-18(40-20)24(33)37/h3-10,19,21,23,35H,11H2,1-2H3,(H2,33,37)(H,34,39)(H,36,38)/t19-,21-,23+,28+/m0/s1. The second-order valence-corrected chi connectivity index (χ2v) is 12.5. The Morgan fingerprint density at radius 2 is 1.98 bits per heavy atom. The summed E-state index contributed by atoms with van der Waals surface area (Å²) in [4.78, 5) is 39.9. The van der Waals surface area contributed by atoms with Crippen molar-refractivity contribution in [3.05, 3.63) is 80.4 Å². The summed E-state index contributed by atoms with van der Waals surface area (Å²) in [7, 11) is 0. The van der Waals surface area contributed by atoms with E-state index in [-0.39, 0.29) is 21.9 Å². The quantitative estimate of drug-likeness (QED) is 0.309. The van der Waals surface area contributed by atoms with Crippen molar-refractivity contribution in [1.82, 2.24) is 5.32 Å². The summed E-state index contributed by atoms with van der Waals surface area (Å²) in [5.74, 6) is -3.49. The van der Waals surface area contributed by atoms with Gasteiger partial charge in [-0.3, -0.25) is 14.4 Å². The molecule has 0 bridgehead atoms. The third-order valence-electron chi connectivity index (χ3n) is 7.52. The van der Waals surface area contributed by atoms with Crippen molar-refractivity contribution in [2.45, 2.75) is 43.7 Å². The Balaban J connectivity index is 1.72. The summed E-state index contributed by atoms with van der Waals surface area (Å²) in [5, 5.41) is 19.4. The zero-order chi connectivity index (χ0) is 29.0. The zero-order valence-electron chi connectivity index (χ0n) is 21.3. The number of halogens is 3. The lowest BCUT2D eigenvalue weighted by molar-refractivity contribution is -0.122. The summed E-state index contributed by atoms with van der Waals surface area (Å²) in [6.07, 6.45) is 0.159. The first-order valence-corrected chi connectivity index (χ1v) is 13.9. The van der Waals surface area contributed by atoms with Crippen molar-refractivity contribution in [2.24, 2.45) is 11.1 Å². The summed E-state index contributed by atoms with van der Waals surface area (Å²) < 4.78 is 15.8. The van der Waals surface area contributed by atoms with Crippen molar-refractivity contribution < 1.29 is 18.8 Å². The maximum atomic E-state index is 15.8. The molecule has 3 amide bonds. The minimum atomic E-state index is -1.50. The van der Waals surface area contributed by atoms with E-state index in [0.29, 0.717) is 21.3 Å². The number of amides is 3. The molecule has 1 fully saturated rings. The highest BCUT2D eigenvalue weighted by molar-refractivity contribution is 7.18. The average Bonchev–Trinajstić information content (AvgIpc) is 3.56. The smallest absolute Gasteiger partial charge is 0.258 e. The van der Waals surface area contributed by atoms with Crippen LogP contribution in [0.3, 0.4) is 0 Å². The molecule has 3 heterocycles. The molecule has 3 aromatic rings. The fourth-order valence-electron chi connectivity index (χ4n) is 5.83. The summed E-state index contributed by atoms with van der Waals surface area (Å²) >= 11 is 13.4. The van der Waals surface area contributed by atoms with Gasteiger partial charge in [-0.25, -0.2) is 4.39 Å². The molecule has 2 aromatic carbocycles. The molecule has 0 radical (unpaired) electrons. The number of benzene rings is 2. The number of nitrogens with zero attached hydrogens (tertiary/aromatic N) is 1. The van der Waals surface area contributed by atoms with Crippen LogP contribution in [-0.4, -0.2) is 29.8 Å². The van der Waals surface area contributed by atoms with Gasteiger partial charge in [0, 0.05) is 22.7 Å². The molecule has 1 aromatic heterocycles. The Bertz CT molecular complexity index is 1600. The van der Waals surface area contributed by atoms with Crippen LogP contribution >= 0.6 is 34.5 Å². The normalized spacial score (nSPS) is 23.5. The molecule has 1 saturated heterocycles. The second-order valence-electron chi connectivity index (χ2n) is 10.5. The lowest BCUT2D eigenvalue weighted by Gasteiger charge is -2.37. The number of rotatable bonds is 6. The molecule has 5 rings (SSSR count). The van der Waals surface area contributed by atoms with Gasteiger partial charge in [-0.1, -0.05) is 41.4 Å². The van der Waals surface area contributed by atoms with E-state index in [1.807, 2.05) is 0 Å². The van der Waals surface area contributed by atoms with Gasteiger partial charge in [0.2, 0.25) is 11.8 Å². The van der Waals surface area contributed by atoms with Gasteiger partial charge in [-0.15, -0.1) is 11.3 Å². The molecule has 0 unspecified atom stereocenters. The predicted octanol–water partition coefficient (Wildman–Crippen LogP) is 5.19. The minimum Gasteiger partial charge on any atom is -0.365 e. The number of carbonyl (C=O) groups excluding carboxylic acids is 3. The number of carbonyl (C=O) groups is 3. The Morgan fingerprint density at radius 1 is 1.23 bits per heavy atom. The fourth-order valence-corrected chi connectivity index (χ4v) is 6.95. The van der Waals surface area contributed by atoms with Crippen LogP contribution in [0.4, 0.5) is 15.1 Å². The van der Waals surface area contributed by atoms with Crippen LogP contribution in [0, 0.1) is 22.6 Å². The molecular weight excluding hydrogens is 576 g/mol. The van der Waals surface area contributed by atoms with Crippen LogP contribution in [-0.2, 0) is 15.0 Å². The molecule has 0 aliphatic carbocycles. The van der Waals surface area contributed by atoms with E-state index in [1.54, 1.807) is 38.1 Å². The van der Waals surface area contributed by atoms with E-state index >= 15 is 4.39 Å². The monoisotopic (exact) mass is 599 g/mol. The Morgan fingerprint density at radius 3 is 2.65 bits per heavy atom. The Labute approximate surface area is 243 Å². The van der Waals surface area contributed by atoms with Crippen molar-refractivity contribution >= 4 is 62.9 Å². The second kappa shape index (κ2) is 10.2. The van der Waals surface area contributed by atoms with Crippen LogP contribution in [0.25, 0.3) is 0 Å². The van der Waals surface area contributed by atoms with Crippen LogP contribution in [0.15, 0.2) is 48.5 Å². The molecule has 1 spiro atoms. The number of nitrogens with two attached hydrogens (primary N) is 1. The van der Waals surface area contributed by atoms with Crippen molar-refractivity contribution in [2.75, 3.05) is 10.6 Å². The van der Waals surface area contributed by atoms with Crippen molar-refractivity contribution in [3.8, 4) is 6.07 Å². The molecule has 8 nitrogen and oxygen atoms in total. The fraction of sp³-hybridized carbons (Fsp3) is 0.286. The van der Waals surface area contributed by atoms with E-state index < -0.39 is 52.4 Å². The van der Waals surface area contributed by atoms with Gasteiger partial charge in [-0.05, 0) is 61.7 Å². The van der Waals surface area contributed by atoms with Crippen molar-refractivity contribution in [3.63, 3.8) is 0 Å². The van der Waals surface area contributed by atoms with E-state index in [2.05, 4.69) is 22.0 Å². The lowest BCUT2D eigenvalue weighted by Crippen LogP contribution is -2.50. The molecular formula is C28H24Cl2FN5O3S. The molecule has 4 atom stereocenters. The highest BCUT2D eigenvalue weighted by Crippen LogP contribution is 2.57. The number of thiophene rings is 1. The molecule has 40 heavy (non-hydrogen) atoms. The Kier molecular flexibility index (Phi) is 7.13. The summed E-state index contributed by atoms with van der Waals surface area (Å²) in [6, 6.07) is 12.8. The van der Waals surface area contributed by atoms with Gasteiger partial charge < -0.3 is 21.7 Å². The first kappa shape index (κ1) is 28.1. The lowest BCUT2D eigenvalue weighted by atomic mass is 9.62. The van der Waals surface area contributed by atoms with Gasteiger partial charge in [0.25, 0.3) is 5.91 Å². The van der Waals surface area contributed by atoms with Gasteiger partial charge in [0.15, 0.2) is 0 Å². The molecule has 2 aliphatic heterocycles. The number of nitrogens with one attached hydrogen (secondary N) is 3. The van der Waals surface area contributed by atoms with E-state index in [0.717, 1.165) is 11.3 Å². The van der Waals surface area contributed by atoms with E-state index in [4.69, 9.17) is 28.9 Å². The van der Waals surface area contributed by atoms with Crippen LogP contribution in [0.5, 0.6) is 0 Å². The van der Waals surface area contributed by atoms with Gasteiger partial charge >= 0.3 is 0 Å². The van der Waals surface area contributed by atoms with Gasteiger partial charge in [0.1, 0.15) is 11.2 Å². The van der Waals surface area contributed by atoms with Crippen LogP contribution in [0.1, 0.15) is 47.0 Å². The third kappa shape index (κ3) is 4.53. The van der Waals surface area contributed by atoms with E-state index in [1.165, 1.54) is 24.3 Å². The number of hydrogen-bond acceptors (Lipinski definition) is 6. The molecule has 5 N–H and O–H groups in total. The molecule has 12 heteroatoms. The zero-order valence-corrected chi connectivity index (χ0v) is 23.7. The largest absolute Gasteiger partial charge is 0.365 e. The van der Waals surface area contributed by atoms with Gasteiger partial charge in [0.05, 0.1) is 32.4 Å². The van der Waals surface area contributed by atoms with Gasteiger partial charge in [-0.2, -0.15) is 5.26 Å². The predicted molar refractivity (Wildman–Crippen MR) is 152 cm³/mol. The van der Waals surface area contributed by atoms with E-state index in [9.17, 15) is 19.6 Å². The number of fused-ring (bicyclic) bond motifs is 2. The van der Waals surface area contributed by atoms with Crippen LogP contribution < -0.4 is 21.7 Å². The molecule has 206 valence electrons. The average molecular weight is 601 g/mol. The Hall–Kier alpha value is -3.49. The highest BCUT2D eigenvalue weighted by Gasteiger charge is 2.66. The summed E-state index contributed by atoms with van der Waals surface area (Å²) in [6.45, 7) is 3.47. The number of primary amides is 1. The SMILES string of the molecule is CC(C)(C#N)C[C@@H]1N[C@@H](C(=O)Nc2ccc(C(N)=O)s2)[C@H](c2cccc(Cl)c2F)[C@]12C(=O)Nc1cc(Cl)ccc12. The maximum absolute atomic E-state index is 15.8.